The zero-order valence-corrected chi connectivity index (χ0v) is 19.5. The summed E-state index contributed by atoms with van der Waals surface area (Å²) in [5, 5.41) is 4.42. The van der Waals surface area contributed by atoms with E-state index >= 15 is 0 Å². The highest BCUT2D eigenvalue weighted by Gasteiger charge is 2.34. The van der Waals surface area contributed by atoms with Gasteiger partial charge in [0.15, 0.2) is 0 Å². The maximum absolute atomic E-state index is 13.3. The number of piperazine rings is 1. The summed E-state index contributed by atoms with van der Waals surface area (Å²) in [4.78, 5) is 14.9. The molecule has 30 heavy (non-hydrogen) atoms. The maximum Gasteiger partial charge on any atom is 0.253 e. The van der Waals surface area contributed by atoms with Gasteiger partial charge in [-0.3, -0.25) is 9.48 Å². The molecule has 0 N–H and O–H groups in total. The van der Waals surface area contributed by atoms with Crippen LogP contribution in [0.3, 0.4) is 0 Å². The fraction of sp³-hybridized carbons (Fsp3) is 0.545. The molecule has 1 fully saturated rings. The van der Waals surface area contributed by atoms with Gasteiger partial charge < -0.3 is 4.90 Å². The number of nitrogens with zero attached hydrogens (tertiary/aromatic N) is 4. The van der Waals surface area contributed by atoms with Crippen LogP contribution in [0.5, 0.6) is 0 Å². The average molecular weight is 433 g/mol. The molecule has 3 rings (SSSR count). The summed E-state index contributed by atoms with van der Waals surface area (Å²) in [6.07, 6.45) is 0. The van der Waals surface area contributed by atoms with Crippen LogP contribution in [-0.4, -0.2) is 59.5 Å². The zero-order valence-electron chi connectivity index (χ0n) is 18.7. The smallest absolute Gasteiger partial charge is 0.253 e. The van der Waals surface area contributed by atoms with Crippen LogP contribution in [0, 0.1) is 13.8 Å². The molecule has 0 bridgehead atoms. The van der Waals surface area contributed by atoms with E-state index in [0.29, 0.717) is 40.9 Å². The molecule has 0 aliphatic carbocycles. The summed E-state index contributed by atoms with van der Waals surface area (Å²) in [6, 6.07) is 7.76. The molecule has 0 radical (unpaired) electrons. The normalized spacial score (nSPS) is 15.9. The lowest BCUT2D eigenvalue weighted by molar-refractivity contribution is 0.0698. The molecule has 0 unspecified atom stereocenters. The molecule has 2 heterocycles. The van der Waals surface area contributed by atoms with Crippen molar-refractivity contribution in [2.45, 2.75) is 58.4 Å². The highest BCUT2D eigenvalue weighted by atomic mass is 32.2. The van der Waals surface area contributed by atoms with Crippen molar-refractivity contribution >= 4 is 15.9 Å². The van der Waals surface area contributed by atoms with E-state index in [0.717, 1.165) is 0 Å². The molecule has 164 valence electrons. The van der Waals surface area contributed by atoms with Crippen LogP contribution in [0.1, 0.15) is 67.0 Å². The predicted molar refractivity (Wildman–Crippen MR) is 117 cm³/mol. The largest absolute Gasteiger partial charge is 0.336 e. The Balaban J connectivity index is 1.73. The summed E-state index contributed by atoms with van der Waals surface area (Å²) in [5.41, 5.74) is 3.01. The lowest BCUT2D eigenvalue weighted by Gasteiger charge is -2.34. The first kappa shape index (κ1) is 22.5. The van der Waals surface area contributed by atoms with Gasteiger partial charge in [0.25, 0.3) is 5.91 Å². The molecule has 1 aromatic carbocycles. The molecule has 8 heteroatoms. The predicted octanol–water partition coefficient (Wildman–Crippen LogP) is 3.35. The fourth-order valence-corrected chi connectivity index (χ4v) is 5.76. The Morgan fingerprint density at radius 3 is 2.00 bits per heavy atom. The molecule has 1 aliphatic rings. The van der Waals surface area contributed by atoms with Crippen molar-refractivity contribution in [1.29, 1.82) is 0 Å². The van der Waals surface area contributed by atoms with Gasteiger partial charge in [0, 0.05) is 37.8 Å². The van der Waals surface area contributed by atoms with E-state index in [1.807, 2.05) is 38.1 Å². The highest BCUT2D eigenvalue weighted by molar-refractivity contribution is 7.89. The van der Waals surface area contributed by atoms with Crippen molar-refractivity contribution in [3.05, 3.63) is 46.8 Å². The van der Waals surface area contributed by atoms with Gasteiger partial charge in [-0.25, -0.2) is 8.42 Å². The molecule has 1 saturated heterocycles. The molecular weight excluding hydrogens is 400 g/mol. The van der Waals surface area contributed by atoms with Gasteiger partial charge in [0.2, 0.25) is 10.0 Å². The monoisotopic (exact) mass is 432 g/mol. The van der Waals surface area contributed by atoms with Gasteiger partial charge in [-0.05, 0) is 51.3 Å². The van der Waals surface area contributed by atoms with Crippen LogP contribution in [0.4, 0.5) is 0 Å². The lowest BCUT2D eigenvalue weighted by atomic mass is 10.0. The van der Waals surface area contributed by atoms with Gasteiger partial charge in [0.05, 0.1) is 11.4 Å². The second kappa shape index (κ2) is 8.51. The van der Waals surface area contributed by atoms with Crippen molar-refractivity contribution in [2.24, 2.45) is 0 Å². The van der Waals surface area contributed by atoms with E-state index in [2.05, 4.69) is 18.9 Å². The molecule has 0 atom stereocenters. The minimum absolute atomic E-state index is 0.0534. The molecule has 0 saturated carbocycles. The quantitative estimate of drug-likeness (QED) is 0.726. The van der Waals surface area contributed by atoms with E-state index in [1.54, 1.807) is 23.4 Å². The lowest BCUT2D eigenvalue weighted by Crippen LogP contribution is -2.50. The molecule has 7 nitrogen and oxygen atoms in total. The van der Waals surface area contributed by atoms with Crippen LogP contribution in [0.2, 0.25) is 0 Å². The number of carbonyl (C=O) groups excluding carboxylic acids is 1. The Morgan fingerprint density at radius 2 is 1.53 bits per heavy atom. The second-order valence-corrected chi connectivity index (χ2v) is 10.4. The summed E-state index contributed by atoms with van der Waals surface area (Å²) in [7, 11) is -3.65. The summed E-state index contributed by atoms with van der Waals surface area (Å²) < 4.78 is 29.8. The van der Waals surface area contributed by atoms with Crippen LogP contribution < -0.4 is 0 Å². The first-order chi connectivity index (χ1) is 14.0. The highest BCUT2D eigenvalue weighted by Crippen LogP contribution is 2.26. The Morgan fingerprint density at radius 1 is 0.967 bits per heavy atom. The van der Waals surface area contributed by atoms with E-state index in [4.69, 9.17) is 0 Å². The molecule has 1 aliphatic heterocycles. The van der Waals surface area contributed by atoms with Crippen LogP contribution in [0.25, 0.3) is 0 Å². The van der Waals surface area contributed by atoms with Crippen LogP contribution in [-0.2, 0) is 10.0 Å². The van der Waals surface area contributed by atoms with E-state index < -0.39 is 10.0 Å². The topological polar surface area (TPSA) is 75.5 Å². The number of carbonyl (C=O) groups is 1. The maximum atomic E-state index is 13.3. The second-order valence-electron chi connectivity index (χ2n) is 8.51. The number of aromatic nitrogens is 2. The van der Waals surface area contributed by atoms with Crippen LogP contribution in [0.15, 0.2) is 29.2 Å². The van der Waals surface area contributed by atoms with Crippen molar-refractivity contribution in [3.63, 3.8) is 0 Å². The number of amides is 1. The minimum Gasteiger partial charge on any atom is -0.336 e. The third-order valence-electron chi connectivity index (χ3n) is 5.70. The van der Waals surface area contributed by atoms with E-state index in [9.17, 15) is 13.2 Å². The fourth-order valence-electron chi connectivity index (χ4n) is 3.98. The number of hydrogen-bond donors (Lipinski definition) is 0. The van der Waals surface area contributed by atoms with Gasteiger partial charge >= 0.3 is 0 Å². The van der Waals surface area contributed by atoms with Crippen molar-refractivity contribution in [1.82, 2.24) is 19.0 Å². The molecular formula is C22H32N4O3S. The molecule has 1 amide bonds. The SMILES string of the molecule is Cc1nn(C(C)C)c(C)c1S(=O)(=O)N1CCN(C(=O)c2ccc(C(C)C)cc2)CC1. The Kier molecular flexibility index (Phi) is 6.38. The third kappa shape index (κ3) is 4.16. The van der Waals surface area contributed by atoms with Gasteiger partial charge in [-0.1, -0.05) is 26.0 Å². The van der Waals surface area contributed by atoms with Gasteiger partial charge in [0.1, 0.15) is 4.90 Å². The van der Waals surface area contributed by atoms with Gasteiger partial charge in [-0.15, -0.1) is 0 Å². The number of rotatable bonds is 5. The van der Waals surface area contributed by atoms with Crippen LogP contribution >= 0.6 is 0 Å². The first-order valence-corrected chi connectivity index (χ1v) is 11.9. The Bertz CT molecular complexity index is 1020. The number of benzene rings is 1. The summed E-state index contributed by atoms with van der Waals surface area (Å²) in [5.74, 6) is 0.359. The zero-order chi connectivity index (χ0) is 22.2. The molecule has 2 aromatic rings. The summed E-state index contributed by atoms with van der Waals surface area (Å²) >= 11 is 0. The Labute approximate surface area is 179 Å². The standard InChI is InChI=1S/C22H32N4O3S/c1-15(2)19-7-9-20(10-8-19)22(27)24-11-13-25(14-12-24)30(28,29)21-17(5)23-26(16(3)4)18(21)6/h7-10,15-16H,11-14H2,1-6H3. The van der Waals surface area contributed by atoms with Crippen molar-refractivity contribution in [2.75, 3.05) is 26.2 Å². The van der Waals surface area contributed by atoms with Crippen molar-refractivity contribution in [3.8, 4) is 0 Å². The summed E-state index contributed by atoms with van der Waals surface area (Å²) in [6.45, 7) is 13.0. The Hall–Kier alpha value is -2.19. The van der Waals surface area contributed by atoms with E-state index in [-0.39, 0.29) is 25.0 Å². The molecule has 0 spiro atoms. The number of aryl methyl sites for hydroxylation is 1. The first-order valence-electron chi connectivity index (χ1n) is 10.5. The minimum atomic E-state index is -3.65. The molecule has 1 aromatic heterocycles. The third-order valence-corrected chi connectivity index (χ3v) is 7.85. The van der Waals surface area contributed by atoms with Gasteiger partial charge in [-0.2, -0.15) is 9.40 Å². The number of hydrogen-bond acceptors (Lipinski definition) is 4. The average Bonchev–Trinajstić information content (AvgIpc) is 3.02. The number of sulfonamides is 1. The van der Waals surface area contributed by atoms with E-state index in [1.165, 1.54) is 9.87 Å². The van der Waals surface area contributed by atoms with Crippen molar-refractivity contribution < 1.29 is 13.2 Å².